The maximum absolute atomic E-state index is 11.3. The summed E-state index contributed by atoms with van der Waals surface area (Å²) in [6.45, 7) is 2.22. The van der Waals surface area contributed by atoms with Crippen LogP contribution in [-0.4, -0.2) is 23.5 Å². The minimum Gasteiger partial charge on any atom is -0.461 e. The zero-order chi connectivity index (χ0) is 10.8. The van der Waals surface area contributed by atoms with Gasteiger partial charge in [0.15, 0.2) is 0 Å². The molecule has 0 saturated heterocycles. The van der Waals surface area contributed by atoms with Crippen LogP contribution in [0.1, 0.15) is 33.3 Å². The standard InChI is InChI=1S/C10H9NO4/c1-2-14-10(13)8-3-6-5-15-9(12)7(6)4-11-8/h3-4H,2,5H2,1H3. The van der Waals surface area contributed by atoms with Gasteiger partial charge in [-0.25, -0.2) is 14.6 Å². The van der Waals surface area contributed by atoms with E-state index in [0.29, 0.717) is 17.7 Å². The Labute approximate surface area is 86.0 Å². The molecule has 0 aromatic carbocycles. The summed E-state index contributed by atoms with van der Waals surface area (Å²) in [5, 5.41) is 0. The lowest BCUT2D eigenvalue weighted by atomic mass is 10.1. The van der Waals surface area contributed by atoms with Gasteiger partial charge in [0.05, 0.1) is 12.2 Å². The van der Waals surface area contributed by atoms with Crippen LogP contribution in [0.4, 0.5) is 0 Å². The van der Waals surface area contributed by atoms with Crippen LogP contribution < -0.4 is 0 Å². The first kappa shape index (κ1) is 9.64. The molecule has 0 bridgehead atoms. The van der Waals surface area contributed by atoms with Crippen LogP contribution in [0.2, 0.25) is 0 Å². The van der Waals surface area contributed by atoms with E-state index in [-0.39, 0.29) is 12.3 Å². The third kappa shape index (κ3) is 1.68. The lowest BCUT2D eigenvalue weighted by Gasteiger charge is -2.01. The normalized spacial score (nSPS) is 13.3. The zero-order valence-electron chi connectivity index (χ0n) is 8.15. The van der Waals surface area contributed by atoms with Crippen LogP contribution in [0.3, 0.4) is 0 Å². The number of esters is 2. The minimum atomic E-state index is -0.486. The maximum Gasteiger partial charge on any atom is 0.356 e. The second-order valence-electron chi connectivity index (χ2n) is 3.02. The quantitative estimate of drug-likeness (QED) is 0.675. The molecule has 2 rings (SSSR count). The third-order valence-electron chi connectivity index (χ3n) is 2.05. The first-order chi connectivity index (χ1) is 7.22. The fourth-order valence-corrected chi connectivity index (χ4v) is 1.34. The van der Waals surface area contributed by atoms with Gasteiger partial charge in [0, 0.05) is 11.8 Å². The fourth-order valence-electron chi connectivity index (χ4n) is 1.34. The molecule has 0 spiro atoms. The number of aromatic nitrogens is 1. The van der Waals surface area contributed by atoms with Crippen molar-refractivity contribution in [2.45, 2.75) is 13.5 Å². The van der Waals surface area contributed by atoms with Gasteiger partial charge in [-0.1, -0.05) is 0 Å². The highest BCUT2D eigenvalue weighted by Crippen LogP contribution is 2.19. The number of carbonyl (C=O) groups excluding carboxylic acids is 2. The Balaban J connectivity index is 2.30. The molecule has 1 aromatic heterocycles. The van der Waals surface area contributed by atoms with Gasteiger partial charge in [-0.2, -0.15) is 0 Å². The van der Waals surface area contributed by atoms with Gasteiger partial charge in [0.1, 0.15) is 12.3 Å². The summed E-state index contributed by atoms with van der Waals surface area (Å²) in [5.74, 6) is -0.882. The van der Waals surface area contributed by atoms with Gasteiger partial charge in [-0.05, 0) is 13.0 Å². The Morgan fingerprint density at radius 1 is 1.67 bits per heavy atom. The lowest BCUT2D eigenvalue weighted by molar-refractivity contribution is 0.0516. The van der Waals surface area contributed by atoms with Gasteiger partial charge in [0.2, 0.25) is 0 Å². The molecule has 15 heavy (non-hydrogen) atoms. The van der Waals surface area contributed by atoms with Gasteiger partial charge in [-0.15, -0.1) is 0 Å². The van der Waals surface area contributed by atoms with E-state index in [1.54, 1.807) is 6.92 Å². The SMILES string of the molecule is CCOC(=O)c1cc2c(cn1)C(=O)OC2. The number of nitrogens with zero attached hydrogens (tertiary/aromatic N) is 1. The third-order valence-corrected chi connectivity index (χ3v) is 2.05. The molecular formula is C10H9NO4. The average molecular weight is 207 g/mol. The van der Waals surface area contributed by atoms with Crippen molar-refractivity contribution >= 4 is 11.9 Å². The second-order valence-corrected chi connectivity index (χ2v) is 3.02. The van der Waals surface area contributed by atoms with Crippen LogP contribution in [-0.2, 0) is 16.1 Å². The Morgan fingerprint density at radius 3 is 3.20 bits per heavy atom. The summed E-state index contributed by atoms with van der Waals surface area (Å²) in [7, 11) is 0. The summed E-state index contributed by atoms with van der Waals surface area (Å²) >= 11 is 0. The first-order valence-corrected chi connectivity index (χ1v) is 4.55. The maximum atomic E-state index is 11.3. The van der Waals surface area contributed by atoms with Crippen molar-refractivity contribution in [3.63, 3.8) is 0 Å². The molecule has 0 unspecified atom stereocenters. The molecule has 0 radical (unpaired) electrons. The molecule has 78 valence electrons. The van der Waals surface area contributed by atoms with Gasteiger partial charge in [0.25, 0.3) is 0 Å². The summed E-state index contributed by atoms with van der Waals surface area (Å²) < 4.78 is 9.57. The largest absolute Gasteiger partial charge is 0.461 e. The average Bonchev–Trinajstić information content (AvgIpc) is 2.60. The highest BCUT2D eigenvalue weighted by Gasteiger charge is 2.23. The molecule has 1 aromatic rings. The van der Waals surface area contributed by atoms with E-state index in [0.717, 1.165) is 0 Å². The first-order valence-electron chi connectivity index (χ1n) is 4.55. The lowest BCUT2D eigenvalue weighted by Crippen LogP contribution is -2.08. The summed E-state index contributed by atoms with van der Waals surface area (Å²) in [4.78, 5) is 26.3. The predicted molar refractivity (Wildman–Crippen MR) is 49.3 cm³/mol. The number of cyclic esters (lactones) is 1. The molecule has 0 fully saturated rings. The van der Waals surface area contributed by atoms with E-state index in [2.05, 4.69) is 4.98 Å². The highest BCUT2D eigenvalue weighted by molar-refractivity contribution is 5.94. The Bertz CT molecular complexity index is 427. The Morgan fingerprint density at radius 2 is 2.47 bits per heavy atom. The predicted octanol–water partition coefficient (Wildman–Crippen LogP) is 0.929. The molecule has 0 N–H and O–H groups in total. The number of hydrogen-bond donors (Lipinski definition) is 0. The van der Waals surface area contributed by atoms with Crippen molar-refractivity contribution < 1.29 is 19.1 Å². The molecule has 0 saturated carbocycles. The summed E-state index contributed by atoms with van der Waals surface area (Å²) in [6.07, 6.45) is 1.34. The number of rotatable bonds is 2. The van der Waals surface area contributed by atoms with Crippen LogP contribution >= 0.6 is 0 Å². The summed E-state index contributed by atoms with van der Waals surface area (Å²) in [6, 6.07) is 1.53. The molecule has 5 heteroatoms. The minimum absolute atomic E-state index is 0.198. The number of carbonyl (C=O) groups is 2. The van der Waals surface area contributed by atoms with E-state index in [9.17, 15) is 9.59 Å². The van der Waals surface area contributed by atoms with Gasteiger partial charge in [-0.3, -0.25) is 0 Å². The van der Waals surface area contributed by atoms with Crippen LogP contribution in [0.5, 0.6) is 0 Å². The van der Waals surface area contributed by atoms with Crippen LogP contribution in [0.25, 0.3) is 0 Å². The topological polar surface area (TPSA) is 65.5 Å². The number of pyridine rings is 1. The van der Waals surface area contributed by atoms with E-state index < -0.39 is 11.9 Å². The smallest absolute Gasteiger partial charge is 0.356 e. The number of fused-ring (bicyclic) bond motifs is 1. The monoisotopic (exact) mass is 207 g/mol. The number of hydrogen-bond acceptors (Lipinski definition) is 5. The van der Waals surface area contributed by atoms with E-state index in [4.69, 9.17) is 9.47 Å². The summed E-state index contributed by atoms with van der Waals surface area (Å²) in [5.41, 5.74) is 1.30. The van der Waals surface area contributed by atoms with Crippen LogP contribution in [0, 0.1) is 0 Å². The van der Waals surface area contributed by atoms with Crippen molar-refractivity contribution in [1.29, 1.82) is 0 Å². The van der Waals surface area contributed by atoms with Crippen molar-refractivity contribution in [2.75, 3.05) is 6.61 Å². The zero-order valence-corrected chi connectivity index (χ0v) is 8.15. The van der Waals surface area contributed by atoms with Crippen molar-refractivity contribution in [3.05, 3.63) is 29.1 Å². The van der Waals surface area contributed by atoms with Gasteiger partial charge >= 0.3 is 11.9 Å². The molecule has 0 atom stereocenters. The van der Waals surface area contributed by atoms with E-state index >= 15 is 0 Å². The molecule has 2 heterocycles. The molecule has 0 amide bonds. The number of ether oxygens (including phenoxy) is 2. The van der Waals surface area contributed by atoms with E-state index in [1.807, 2.05) is 0 Å². The molecule has 1 aliphatic heterocycles. The van der Waals surface area contributed by atoms with Crippen molar-refractivity contribution in [3.8, 4) is 0 Å². The highest BCUT2D eigenvalue weighted by atomic mass is 16.5. The molecule has 1 aliphatic rings. The molecule has 0 aliphatic carbocycles. The molecule has 5 nitrogen and oxygen atoms in total. The van der Waals surface area contributed by atoms with Gasteiger partial charge < -0.3 is 9.47 Å². The second kappa shape index (κ2) is 3.68. The Hall–Kier alpha value is -1.91. The van der Waals surface area contributed by atoms with Crippen molar-refractivity contribution in [2.24, 2.45) is 0 Å². The Kier molecular flexibility index (Phi) is 2.37. The fraction of sp³-hybridized carbons (Fsp3) is 0.300. The molecular weight excluding hydrogens is 198 g/mol. The van der Waals surface area contributed by atoms with Crippen molar-refractivity contribution in [1.82, 2.24) is 4.98 Å². The van der Waals surface area contributed by atoms with Crippen LogP contribution in [0.15, 0.2) is 12.3 Å². The van der Waals surface area contributed by atoms with E-state index in [1.165, 1.54) is 12.3 Å².